The van der Waals surface area contributed by atoms with Crippen molar-refractivity contribution >= 4 is 52.2 Å². The lowest BCUT2D eigenvalue weighted by Crippen LogP contribution is -2.05. The molecule has 2 rings (SSSR count). The van der Waals surface area contributed by atoms with E-state index in [9.17, 15) is 0 Å². The first kappa shape index (κ1) is 17.1. The van der Waals surface area contributed by atoms with Crippen LogP contribution in [0.2, 0.25) is 5.02 Å². The van der Waals surface area contributed by atoms with Gasteiger partial charge in [-0.1, -0.05) is 23.0 Å². The first-order chi connectivity index (χ1) is 9.58. The summed E-state index contributed by atoms with van der Waals surface area (Å²) in [4.78, 5) is 1.30. The van der Waals surface area contributed by atoms with Crippen LogP contribution in [-0.2, 0) is 20.9 Å². The van der Waals surface area contributed by atoms with Gasteiger partial charge in [0.1, 0.15) is 0 Å². The van der Waals surface area contributed by atoms with Gasteiger partial charge in [-0.05, 0) is 61.6 Å². The molecule has 20 heavy (non-hydrogen) atoms. The van der Waals surface area contributed by atoms with E-state index in [2.05, 4.69) is 12.1 Å². The molecule has 0 amide bonds. The van der Waals surface area contributed by atoms with Crippen LogP contribution in [0.15, 0.2) is 23.1 Å². The average molecular weight is 369 g/mol. The van der Waals surface area contributed by atoms with Gasteiger partial charge in [0, 0.05) is 15.2 Å². The second-order valence-corrected chi connectivity index (χ2v) is 12.2. The van der Waals surface area contributed by atoms with E-state index >= 15 is 0 Å². The summed E-state index contributed by atoms with van der Waals surface area (Å²) in [6, 6.07) is 6.10. The molecule has 0 radical (unpaired) electrons. The van der Waals surface area contributed by atoms with E-state index in [-0.39, 0.29) is 0 Å². The van der Waals surface area contributed by atoms with Gasteiger partial charge in [-0.25, -0.2) is 0 Å². The molecule has 1 unspecified atom stereocenters. The van der Waals surface area contributed by atoms with Crippen LogP contribution in [0.1, 0.15) is 31.1 Å². The lowest BCUT2D eigenvalue weighted by Gasteiger charge is -2.29. The molecule has 7 heteroatoms. The minimum atomic E-state index is -2.26. The van der Waals surface area contributed by atoms with Crippen LogP contribution in [0.4, 0.5) is 0 Å². The summed E-state index contributed by atoms with van der Waals surface area (Å²) < 4.78 is 11.5. The number of thioether (sulfide) groups is 1. The summed E-state index contributed by atoms with van der Waals surface area (Å²) >= 11 is 15.3. The number of rotatable bonds is 6. The third-order valence-corrected chi connectivity index (χ3v) is 9.87. The van der Waals surface area contributed by atoms with Crippen molar-refractivity contribution in [3.8, 4) is 0 Å². The van der Waals surface area contributed by atoms with Crippen molar-refractivity contribution < 1.29 is 9.05 Å². The van der Waals surface area contributed by atoms with Crippen LogP contribution in [0.5, 0.6) is 0 Å². The molecule has 112 valence electrons. The van der Waals surface area contributed by atoms with Gasteiger partial charge >= 0.3 is 0 Å². The fourth-order valence-corrected chi connectivity index (χ4v) is 9.35. The second kappa shape index (κ2) is 7.87. The van der Waals surface area contributed by atoms with Crippen LogP contribution in [0.3, 0.4) is 0 Å². The lowest BCUT2D eigenvalue weighted by molar-refractivity contribution is 0.280. The van der Waals surface area contributed by atoms with Crippen LogP contribution >= 0.6 is 40.4 Å². The summed E-state index contributed by atoms with van der Waals surface area (Å²) in [5, 5.41) is 1.09. The molecule has 1 heterocycles. The Morgan fingerprint density at radius 3 is 2.75 bits per heavy atom. The van der Waals surface area contributed by atoms with Gasteiger partial charge in [0.2, 0.25) is 5.69 Å². The summed E-state index contributed by atoms with van der Waals surface area (Å²) in [6.45, 7) is 5.10. The largest absolute Gasteiger partial charge is 0.322 e. The Labute approximate surface area is 139 Å². The molecular weight excluding hydrogens is 351 g/mol. The maximum atomic E-state index is 6.14. The van der Waals surface area contributed by atoms with Gasteiger partial charge in [0.25, 0.3) is 0 Å². The summed E-state index contributed by atoms with van der Waals surface area (Å²) in [5.41, 5.74) is -0.990. The number of benzene rings is 1. The van der Waals surface area contributed by atoms with Gasteiger partial charge in [0.05, 0.1) is 13.2 Å². The fraction of sp³-hybridized carbons (Fsp3) is 0.538. The Kier molecular flexibility index (Phi) is 6.74. The van der Waals surface area contributed by atoms with Crippen molar-refractivity contribution in [3.63, 3.8) is 0 Å². The zero-order valence-corrected chi connectivity index (χ0v) is 15.6. The topological polar surface area (TPSA) is 18.5 Å². The van der Waals surface area contributed by atoms with Gasteiger partial charge in [-0.2, -0.15) is 0 Å². The van der Waals surface area contributed by atoms with Gasteiger partial charge in [-0.3, -0.25) is 0 Å². The Morgan fingerprint density at radius 1 is 1.40 bits per heavy atom. The summed E-state index contributed by atoms with van der Waals surface area (Å²) in [5.74, 6) is 1.10. The van der Waals surface area contributed by atoms with Crippen molar-refractivity contribution in [2.45, 2.75) is 30.4 Å². The van der Waals surface area contributed by atoms with E-state index in [0.29, 0.717) is 18.5 Å². The fourth-order valence-electron chi connectivity index (χ4n) is 2.01. The van der Waals surface area contributed by atoms with E-state index < -0.39 is 5.69 Å². The molecule has 1 atom stereocenters. The number of halogens is 1. The minimum absolute atomic E-state index is 0.314. The van der Waals surface area contributed by atoms with Crippen molar-refractivity contribution in [3.05, 3.63) is 28.8 Å². The highest BCUT2D eigenvalue weighted by Gasteiger charge is 2.29. The molecule has 1 aliphatic rings. The molecule has 0 bridgehead atoms. The Morgan fingerprint density at radius 2 is 2.10 bits per heavy atom. The van der Waals surface area contributed by atoms with Gasteiger partial charge in [0.15, 0.2) is 0 Å². The average Bonchev–Trinajstić information content (AvgIpc) is 2.40. The van der Waals surface area contributed by atoms with Crippen LogP contribution in [0, 0.1) is 0 Å². The molecule has 0 N–H and O–H groups in total. The Bertz CT molecular complexity index is 502. The quantitative estimate of drug-likeness (QED) is 0.579. The predicted octanol–water partition coefficient (Wildman–Crippen LogP) is 5.91. The number of hydrogen-bond acceptors (Lipinski definition) is 5. The number of hydrogen-bond donors (Lipinski definition) is 0. The highest BCUT2D eigenvalue weighted by atomic mass is 35.5. The second-order valence-electron chi connectivity index (χ2n) is 4.20. The number of fused-ring (bicyclic) bond motifs is 1. The van der Waals surface area contributed by atoms with Crippen molar-refractivity contribution in [2.75, 3.05) is 19.0 Å². The third kappa shape index (κ3) is 4.39. The molecule has 0 aliphatic carbocycles. The van der Waals surface area contributed by atoms with E-state index in [0.717, 1.165) is 17.2 Å². The SMILES string of the molecule is CCOP(=S)(OCC)SC1CCSc2ccc(Cl)cc21. The minimum Gasteiger partial charge on any atom is -0.322 e. The van der Waals surface area contributed by atoms with Crippen LogP contribution < -0.4 is 0 Å². The van der Waals surface area contributed by atoms with Crippen LogP contribution in [-0.4, -0.2) is 19.0 Å². The molecule has 0 aromatic heterocycles. The van der Waals surface area contributed by atoms with E-state index in [1.54, 1.807) is 11.4 Å². The zero-order chi connectivity index (χ0) is 14.6. The maximum absolute atomic E-state index is 6.14. The molecule has 0 saturated carbocycles. The Balaban J connectivity index is 2.22. The summed E-state index contributed by atoms with van der Waals surface area (Å²) in [6.07, 6.45) is 1.07. The van der Waals surface area contributed by atoms with E-state index in [1.165, 1.54) is 10.5 Å². The molecule has 0 spiro atoms. The van der Waals surface area contributed by atoms with Crippen molar-refractivity contribution in [1.82, 2.24) is 0 Å². The molecule has 1 aromatic carbocycles. The molecule has 2 nitrogen and oxygen atoms in total. The molecule has 0 fully saturated rings. The first-order valence-corrected chi connectivity index (χ1v) is 12.1. The highest BCUT2D eigenvalue weighted by molar-refractivity contribution is 8.68. The third-order valence-electron chi connectivity index (χ3n) is 2.79. The van der Waals surface area contributed by atoms with Crippen molar-refractivity contribution in [2.24, 2.45) is 0 Å². The normalized spacial score (nSPS) is 18.9. The maximum Gasteiger partial charge on any atom is 0.247 e. The van der Waals surface area contributed by atoms with E-state index in [4.69, 9.17) is 32.5 Å². The van der Waals surface area contributed by atoms with Gasteiger partial charge < -0.3 is 9.05 Å². The smallest absolute Gasteiger partial charge is 0.247 e. The van der Waals surface area contributed by atoms with Crippen molar-refractivity contribution in [1.29, 1.82) is 0 Å². The highest BCUT2D eigenvalue weighted by Crippen LogP contribution is 2.67. The van der Waals surface area contributed by atoms with Gasteiger partial charge in [-0.15, -0.1) is 11.8 Å². The lowest BCUT2D eigenvalue weighted by atomic mass is 10.1. The predicted molar refractivity (Wildman–Crippen MR) is 94.7 cm³/mol. The van der Waals surface area contributed by atoms with E-state index in [1.807, 2.05) is 31.7 Å². The monoisotopic (exact) mass is 368 g/mol. The molecular formula is C13H18ClO2PS3. The van der Waals surface area contributed by atoms with Crippen LogP contribution in [0.25, 0.3) is 0 Å². The standard InChI is InChI=1S/C13H18ClO2PS3/c1-3-15-17(18,16-4-2)20-13-7-8-19-12-6-5-10(14)9-11(12)13/h5-6,9,13H,3-4,7-8H2,1-2H3. The summed E-state index contributed by atoms with van der Waals surface area (Å²) in [7, 11) is 0. The Hall–Kier alpha value is 0.780. The first-order valence-electron chi connectivity index (χ1n) is 6.57. The molecule has 1 aliphatic heterocycles. The zero-order valence-electron chi connectivity index (χ0n) is 11.5. The molecule has 1 aromatic rings. The molecule has 0 saturated heterocycles.